The van der Waals surface area contributed by atoms with Gasteiger partial charge in [0.05, 0.1) is 24.4 Å². The number of hydrogen-bond acceptors (Lipinski definition) is 4. The molecule has 2 rings (SSSR count). The van der Waals surface area contributed by atoms with Crippen molar-refractivity contribution >= 4 is 0 Å². The number of rotatable bonds is 6. The van der Waals surface area contributed by atoms with Crippen LogP contribution >= 0.6 is 0 Å². The van der Waals surface area contributed by atoms with E-state index in [1.807, 2.05) is 18.5 Å². The van der Waals surface area contributed by atoms with Crippen LogP contribution in [-0.4, -0.2) is 50.7 Å². The van der Waals surface area contributed by atoms with E-state index >= 15 is 0 Å². The van der Waals surface area contributed by atoms with Gasteiger partial charge in [0.2, 0.25) is 0 Å². The maximum atomic E-state index is 10.5. The van der Waals surface area contributed by atoms with Crippen LogP contribution in [0.1, 0.15) is 42.6 Å². The second kappa shape index (κ2) is 6.24. The summed E-state index contributed by atoms with van der Waals surface area (Å²) in [6, 6.07) is 0. The molecule has 0 atom stereocenters. The summed E-state index contributed by atoms with van der Waals surface area (Å²) in [5, 5.41) is 24.0. The van der Waals surface area contributed by atoms with Crippen LogP contribution in [0.3, 0.4) is 0 Å². The molecule has 1 fully saturated rings. The molecule has 0 unspecified atom stereocenters. The second-order valence-electron chi connectivity index (χ2n) is 6.20. The van der Waals surface area contributed by atoms with Gasteiger partial charge in [-0.2, -0.15) is 5.10 Å². The summed E-state index contributed by atoms with van der Waals surface area (Å²) in [4.78, 5) is 2.19. The standard InChI is InChI=1S/C15H27N3O2/c1-12-14(13(2)18(16-12)8-9-19)10-17(3)11-15(20)6-4-5-7-15/h19-20H,4-11H2,1-3H3. The molecule has 0 bridgehead atoms. The van der Waals surface area contributed by atoms with Gasteiger partial charge in [0.15, 0.2) is 0 Å². The minimum atomic E-state index is -0.502. The van der Waals surface area contributed by atoms with Crippen molar-refractivity contribution in [2.45, 2.75) is 58.2 Å². The summed E-state index contributed by atoms with van der Waals surface area (Å²) in [7, 11) is 2.05. The topological polar surface area (TPSA) is 61.5 Å². The van der Waals surface area contributed by atoms with E-state index in [0.29, 0.717) is 6.54 Å². The molecule has 1 saturated carbocycles. The minimum Gasteiger partial charge on any atom is -0.394 e. The van der Waals surface area contributed by atoms with Crippen LogP contribution in [-0.2, 0) is 13.1 Å². The average molecular weight is 281 g/mol. The van der Waals surface area contributed by atoms with E-state index in [-0.39, 0.29) is 6.61 Å². The van der Waals surface area contributed by atoms with Crippen molar-refractivity contribution < 1.29 is 10.2 Å². The van der Waals surface area contributed by atoms with Crippen molar-refractivity contribution in [3.8, 4) is 0 Å². The van der Waals surface area contributed by atoms with Crippen LogP contribution in [0.4, 0.5) is 0 Å². The van der Waals surface area contributed by atoms with Crippen molar-refractivity contribution in [3.63, 3.8) is 0 Å². The SMILES string of the molecule is Cc1nn(CCO)c(C)c1CN(C)CC1(O)CCCC1. The zero-order valence-electron chi connectivity index (χ0n) is 12.9. The summed E-state index contributed by atoms with van der Waals surface area (Å²) >= 11 is 0. The normalized spacial score (nSPS) is 18.1. The molecule has 5 nitrogen and oxygen atoms in total. The molecule has 114 valence electrons. The van der Waals surface area contributed by atoms with E-state index in [1.54, 1.807) is 0 Å². The van der Waals surface area contributed by atoms with E-state index in [9.17, 15) is 5.11 Å². The molecule has 1 heterocycles. The molecule has 0 saturated heterocycles. The Morgan fingerprint density at radius 3 is 2.55 bits per heavy atom. The lowest BCUT2D eigenvalue weighted by atomic mass is 10.0. The Kier molecular flexibility index (Phi) is 4.83. The van der Waals surface area contributed by atoms with Gasteiger partial charge in [0.1, 0.15) is 0 Å². The Morgan fingerprint density at radius 2 is 1.95 bits per heavy atom. The van der Waals surface area contributed by atoms with Crippen LogP contribution in [0.15, 0.2) is 0 Å². The van der Waals surface area contributed by atoms with Gasteiger partial charge in [-0.25, -0.2) is 0 Å². The smallest absolute Gasteiger partial charge is 0.0774 e. The first-order valence-corrected chi connectivity index (χ1v) is 7.50. The molecule has 0 aliphatic heterocycles. The third-order valence-corrected chi connectivity index (χ3v) is 4.37. The number of hydrogen-bond donors (Lipinski definition) is 2. The monoisotopic (exact) mass is 281 g/mol. The second-order valence-corrected chi connectivity index (χ2v) is 6.20. The highest BCUT2D eigenvalue weighted by Gasteiger charge is 2.32. The number of likely N-dealkylation sites (N-methyl/N-ethyl adjacent to an activating group) is 1. The molecule has 0 spiro atoms. The van der Waals surface area contributed by atoms with Crippen molar-refractivity contribution in [1.29, 1.82) is 0 Å². The zero-order valence-corrected chi connectivity index (χ0v) is 12.9. The highest BCUT2D eigenvalue weighted by Crippen LogP contribution is 2.30. The quantitative estimate of drug-likeness (QED) is 0.823. The molecular weight excluding hydrogens is 254 g/mol. The summed E-state index contributed by atoms with van der Waals surface area (Å²) in [5.74, 6) is 0. The lowest BCUT2D eigenvalue weighted by molar-refractivity contribution is 0.0144. The Balaban J connectivity index is 2.02. The van der Waals surface area contributed by atoms with Crippen LogP contribution in [0.2, 0.25) is 0 Å². The number of aromatic nitrogens is 2. The van der Waals surface area contributed by atoms with E-state index in [2.05, 4.69) is 17.0 Å². The number of aliphatic hydroxyl groups is 2. The fraction of sp³-hybridized carbons (Fsp3) is 0.800. The van der Waals surface area contributed by atoms with Gasteiger partial charge < -0.3 is 10.2 Å². The highest BCUT2D eigenvalue weighted by molar-refractivity contribution is 5.24. The van der Waals surface area contributed by atoms with Gasteiger partial charge in [-0.3, -0.25) is 9.58 Å². The third kappa shape index (κ3) is 3.40. The molecule has 20 heavy (non-hydrogen) atoms. The molecule has 2 N–H and O–H groups in total. The van der Waals surface area contributed by atoms with Gasteiger partial charge >= 0.3 is 0 Å². The molecule has 0 radical (unpaired) electrons. The Hall–Kier alpha value is -0.910. The predicted octanol–water partition coefficient (Wildman–Crippen LogP) is 1.23. The van der Waals surface area contributed by atoms with Gasteiger partial charge in [0.25, 0.3) is 0 Å². The molecular formula is C15H27N3O2. The van der Waals surface area contributed by atoms with Gasteiger partial charge in [-0.05, 0) is 33.7 Å². The van der Waals surface area contributed by atoms with Crippen molar-refractivity contribution in [2.75, 3.05) is 20.2 Å². The van der Waals surface area contributed by atoms with E-state index in [4.69, 9.17) is 5.11 Å². The molecule has 1 aliphatic carbocycles. The van der Waals surface area contributed by atoms with Gasteiger partial charge in [-0.1, -0.05) is 12.8 Å². The molecule has 5 heteroatoms. The van der Waals surface area contributed by atoms with Crippen molar-refractivity contribution in [3.05, 3.63) is 17.0 Å². The number of nitrogens with zero attached hydrogens (tertiary/aromatic N) is 3. The van der Waals surface area contributed by atoms with Crippen molar-refractivity contribution in [1.82, 2.24) is 14.7 Å². The van der Waals surface area contributed by atoms with Crippen LogP contribution in [0.25, 0.3) is 0 Å². The Bertz CT molecular complexity index is 450. The van der Waals surface area contributed by atoms with E-state index < -0.39 is 5.60 Å². The lowest BCUT2D eigenvalue weighted by Gasteiger charge is -2.28. The van der Waals surface area contributed by atoms with E-state index in [1.165, 1.54) is 5.56 Å². The maximum absolute atomic E-state index is 10.5. The molecule has 1 aliphatic rings. The average Bonchev–Trinajstić information content (AvgIpc) is 2.90. The Labute approximate surface area is 121 Å². The van der Waals surface area contributed by atoms with Crippen LogP contribution < -0.4 is 0 Å². The first-order valence-electron chi connectivity index (χ1n) is 7.50. The summed E-state index contributed by atoms with van der Waals surface area (Å²) < 4.78 is 1.86. The van der Waals surface area contributed by atoms with Gasteiger partial charge in [0, 0.05) is 24.3 Å². The minimum absolute atomic E-state index is 0.108. The van der Waals surface area contributed by atoms with Crippen LogP contribution in [0, 0.1) is 13.8 Å². The maximum Gasteiger partial charge on any atom is 0.0774 e. The largest absolute Gasteiger partial charge is 0.394 e. The summed E-state index contributed by atoms with van der Waals surface area (Å²) in [5.41, 5.74) is 2.84. The van der Waals surface area contributed by atoms with Gasteiger partial charge in [-0.15, -0.1) is 0 Å². The summed E-state index contributed by atoms with van der Waals surface area (Å²) in [6.07, 6.45) is 4.10. The number of aryl methyl sites for hydroxylation is 1. The fourth-order valence-electron chi connectivity index (χ4n) is 3.29. The van der Waals surface area contributed by atoms with E-state index in [0.717, 1.165) is 50.2 Å². The molecule has 0 amide bonds. The molecule has 1 aromatic heterocycles. The lowest BCUT2D eigenvalue weighted by Crippen LogP contribution is -2.38. The summed E-state index contributed by atoms with van der Waals surface area (Å²) in [6.45, 7) is 6.22. The third-order valence-electron chi connectivity index (χ3n) is 4.37. The molecule has 0 aromatic carbocycles. The fourth-order valence-corrected chi connectivity index (χ4v) is 3.29. The predicted molar refractivity (Wildman–Crippen MR) is 78.5 cm³/mol. The highest BCUT2D eigenvalue weighted by atomic mass is 16.3. The van der Waals surface area contributed by atoms with Crippen molar-refractivity contribution in [2.24, 2.45) is 0 Å². The zero-order chi connectivity index (χ0) is 14.8. The van der Waals surface area contributed by atoms with Crippen LogP contribution in [0.5, 0.6) is 0 Å². The number of aliphatic hydroxyl groups excluding tert-OH is 1. The first-order chi connectivity index (χ1) is 9.45. The Morgan fingerprint density at radius 1 is 1.30 bits per heavy atom. The first kappa shape index (κ1) is 15.5. The molecule has 1 aromatic rings.